The van der Waals surface area contributed by atoms with E-state index < -0.39 is 41.5 Å². The first-order valence-corrected chi connectivity index (χ1v) is 7.67. The van der Waals surface area contributed by atoms with Crippen molar-refractivity contribution in [2.45, 2.75) is 25.9 Å². The molecule has 0 saturated heterocycles. The third-order valence-electron chi connectivity index (χ3n) is 2.10. The van der Waals surface area contributed by atoms with Gasteiger partial charge in [-0.15, -0.1) is 12.4 Å². The van der Waals surface area contributed by atoms with Crippen molar-refractivity contribution in [3.8, 4) is 0 Å². The van der Waals surface area contributed by atoms with Crippen LogP contribution in [0.15, 0.2) is 0 Å². The Morgan fingerprint density at radius 2 is 1.95 bits per heavy atom. The van der Waals surface area contributed by atoms with Crippen LogP contribution in [0.3, 0.4) is 0 Å². The molecule has 0 spiro atoms. The van der Waals surface area contributed by atoms with Crippen LogP contribution in [0.4, 0.5) is 8.78 Å². The number of alkyl halides is 2. The largest absolute Gasteiger partial charge is 0.378 e. The molecule has 0 rings (SSSR count). The second-order valence-corrected chi connectivity index (χ2v) is 6.32. The summed E-state index contributed by atoms with van der Waals surface area (Å²) in [6.45, 7) is 1.06. The summed E-state index contributed by atoms with van der Waals surface area (Å²) in [6.07, 6.45) is -0.105. The smallest absolute Gasteiger partial charge is 0.277 e. The van der Waals surface area contributed by atoms with Crippen molar-refractivity contribution >= 4 is 28.3 Å². The van der Waals surface area contributed by atoms with E-state index in [1.807, 2.05) is 10.0 Å². The molecular formula is C10H22ClF2N3O4S. The van der Waals surface area contributed by atoms with Gasteiger partial charge < -0.3 is 15.8 Å². The molecule has 0 fully saturated rings. The number of hydrogen-bond donors (Lipinski definition) is 3. The van der Waals surface area contributed by atoms with Crippen molar-refractivity contribution in [3.63, 3.8) is 0 Å². The number of carbonyl (C=O) groups excluding carboxylic acids is 1. The van der Waals surface area contributed by atoms with Crippen molar-refractivity contribution in [3.05, 3.63) is 0 Å². The Labute approximate surface area is 129 Å². The van der Waals surface area contributed by atoms with Gasteiger partial charge in [0.15, 0.2) is 0 Å². The summed E-state index contributed by atoms with van der Waals surface area (Å²) in [5, 5.41) is 1.89. The van der Waals surface area contributed by atoms with E-state index in [4.69, 9.17) is 10.5 Å². The fourth-order valence-corrected chi connectivity index (χ4v) is 1.81. The van der Waals surface area contributed by atoms with Crippen molar-refractivity contribution in [2.75, 3.05) is 32.0 Å². The van der Waals surface area contributed by atoms with Gasteiger partial charge in [-0.25, -0.2) is 21.9 Å². The number of sulfonamides is 1. The fourth-order valence-electron chi connectivity index (χ4n) is 1.00. The molecule has 0 heterocycles. The maximum absolute atomic E-state index is 12.7. The third-order valence-corrected chi connectivity index (χ3v) is 3.39. The van der Waals surface area contributed by atoms with Gasteiger partial charge in [-0.2, -0.15) is 0 Å². The zero-order valence-electron chi connectivity index (χ0n) is 11.9. The topological polar surface area (TPSA) is 111 Å². The van der Waals surface area contributed by atoms with Crippen molar-refractivity contribution in [1.82, 2.24) is 10.0 Å². The molecule has 0 aromatic heterocycles. The predicted molar refractivity (Wildman–Crippen MR) is 77.1 cm³/mol. The number of nitrogens with one attached hydrogen (secondary N) is 2. The van der Waals surface area contributed by atoms with E-state index in [-0.39, 0.29) is 30.9 Å². The molecule has 0 aliphatic heterocycles. The summed E-state index contributed by atoms with van der Waals surface area (Å²) < 4.78 is 55.4. The molecule has 0 aliphatic rings. The quantitative estimate of drug-likeness (QED) is 0.488. The lowest BCUT2D eigenvalue weighted by atomic mass is 10.3. The minimum absolute atomic E-state index is 0. The molecule has 7 nitrogen and oxygen atoms in total. The second kappa shape index (κ2) is 10.2. The molecule has 0 aromatic rings. The van der Waals surface area contributed by atoms with Crippen LogP contribution in [0.2, 0.25) is 0 Å². The van der Waals surface area contributed by atoms with Crippen LogP contribution in [0, 0.1) is 0 Å². The number of amides is 1. The molecule has 0 aliphatic carbocycles. The lowest BCUT2D eigenvalue weighted by Gasteiger charge is -2.14. The van der Waals surface area contributed by atoms with Gasteiger partial charge in [0.1, 0.15) is 0 Å². The summed E-state index contributed by atoms with van der Waals surface area (Å²) in [5.74, 6) is -4.37. The van der Waals surface area contributed by atoms with Crippen molar-refractivity contribution in [2.24, 2.45) is 5.73 Å². The van der Waals surface area contributed by atoms with Crippen LogP contribution >= 0.6 is 12.4 Å². The van der Waals surface area contributed by atoms with Crippen LogP contribution in [-0.2, 0) is 19.6 Å². The highest BCUT2D eigenvalue weighted by atomic mass is 35.5. The molecule has 0 atom stereocenters. The van der Waals surface area contributed by atoms with E-state index in [2.05, 4.69) is 0 Å². The van der Waals surface area contributed by atoms with Crippen LogP contribution in [0.5, 0.6) is 0 Å². The van der Waals surface area contributed by atoms with Gasteiger partial charge in [0.05, 0.1) is 38.1 Å². The van der Waals surface area contributed by atoms with Crippen LogP contribution in [0.25, 0.3) is 0 Å². The minimum atomic E-state index is -3.68. The van der Waals surface area contributed by atoms with Gasteiger partial charge in [0.25, 0.3) is 5.92 Å². The highest BCUT2D eigenvalue weighted by molar-refractivity contribution is 7.89. The lowest BCUT2D eigenvalue weighted by molar-refractivity contribution is -0.121. The second-order valence-electron chi connectivity index (χ2n) is 4.40. The normalized spacial score (nSPS) is 12.1. The van der Waals surface area contributed by atoms with Crippen LogP contribution in [-0.4, -0.2) is 58.3 Å². The molecule has 0 radical (unpaired) electrons. The van der Waals surface area contributed by atoms with Crippen molar-refractivity contribution < 1.29 is 26.7 Å². The summed E-state index contributed by atoms with van der Waals surface area (Å²) in [4.78, 5) is 11.2. The Bertz CT molecular complexity index is 407. The SMILES string of the molecule is CC(C)OCCS(=O)(=O)NCC(=O)NCC(F)(F)CN.Cl. The first kappa shape index (κ1) is 22.7. The number of nitrogens with two attached hydrogens (primary N) is 1. The summed E-state index contributed by atoms with van der Waals surface area (Å²) in [7, 11) is -3.68. The fraction of sp³-hybridized carbons (Fsp3) is 0.900. The van der Waals surface area contributed by atoms with E-state index in [1.165, 1.54) is 0 Å². The molecule has 1 amide bonds. The van der Waals surface area contributed by atoms with E-state index in [0.29, 0.717) is 0 Å². The molecule has 21 heavy (non-hydrogen) atoms. The van der Waals surface area contributed by atoms with E-state index in [9.17, 15) is 22.0 Å². The van der Waals surface area contributed by atoms with Gasteiger partial charge in [-0.3, -0.25) is 4.79 Å². The Morgan fingerprint density at radius 3 is 2.43 bits per heavy atom. The Balaban J connectivity index is 0. The van der Waals surface area contributed by atoms with Gasteiger partial charge in [0.2, 0.25) is 15.9 Å². The Kier molecular flexibility index (Phi) is 11.1. The standard InChI is InChI=1S/C10H21F2N3O4S.ClH/c1-8(2)19-3-4-20(17,18)15-5-9(16)14-7-10(11,12)6-13;/h8,15H,3-7,13H2,1-2H3,(H,14,16);1H. The third kappa shape index (κ3) is 12.9. The zero-order chi connectivity index (χ0) is 15.8. The molecule has 0 bridgehead atoms. The highest BCUT2D eigenvalue weighted by Gasteiger charge is 2.27. The molecule has 11 heteroatoms. The number of carbonyl (C=O) groups is 1. The van der Waals surface area contributed by atoms with Crippen molar-refractivity contribution in [1.29, 1.82) is 0 Å². The molecule has 128 valence electrons. The van der Waals surface area contributed by atoms with Crippen LogP contribution in [0.1, 0.15) is 13.8 Å². The summed E-state index contributed by atoms with van der Waals surface area (Å²) in [6, 6.07) is 0. The van der Waals surface area contributed by atoms with Crippen LogP contribution < -0.4 is 15.8 Å². The van der Waals surface area contributed by atoms with E-state index >= 15 is 0 Å². The number of halogens is 3. The molecule has 0 saturated carbocycles. The van der Waals surface area contributed by atoms with Gasteiger partial charge in [-0.05, 0) is 13.8 Å². The monoisotopic (exact) mass is 353 g/mol. The minimum Gasteiger partial charge on any atom is -0.378 e. The van der Waals surface area contributed by atoms with Gasteiger partial charge in [0, 0.05) is 0 Å². The number of hydrogen-bond acceptors (Lipinski definition) is 5. The lowest BCUT2D eigenvalue weighted by Crippen LogP contribution is -2.45. The predicted octanol–water partition coefficient (Wildman–Crippen LogP) is -0.537. The van der Waals surface area contributed by atoms with Gasteiger partial charge >= 0.3 is 0 Å². The van der Waals surface area contributed by atoms with Gasteiger partial charge in [-0.1, -0.05) is 0 Å². The molecule has 4 N–H and O–H groups in total. The maximum Gasteiger partial charge on any atom is 0.277 e. The average molecular weight is 354 g/mol. The molecular weight excluding hydrogens is 332 g/mol. The summed E-state index contributed by atoms with van der Waals surface area (Å²) >= 11 is 0. The Hall–Kier alpha value is -0.550. The summed E-state index contributed by atoms with van der Waals surface area (Å²) in [5.41, 5.74) is 4.79. The first-order chi connectivity index (χ1) is 9.08. The molecule has 0 unspecified atom stereocenters. The first-order valence-electron chi connectivity index (χ1n) is 6.01. The van der Waals surface area contributed by atoms with E-state index in [0.717, 1.165) is 0 Å². The highest BCUT2D eigenvalue weighted by Crippen LogP contribution is 2.08. The zero-order valence-corrected chi connectivity index (χ0v) is 13.5. The average Bonchev–Trinajstić information content (AvgIpc) is 2.33. The number of rotatable bonds is 10. The molecule has 0 aromatic carbocycles. The van der Waals surface area contributed by atoms with E-state index in [1.54, 1.807) is 13.8 Å². The maximum atomic E-state index is 12.7. The Morgan fingerprint density at radius 1 is 1.38 bits per heavy atom. The number of ether oxygens (including phenoxy) is 1.